The Balaban J connectivity index is 1.21. The van der Waals surface area contributed by atoms with Crippen molar-refractivity contribution in [2.45, 2.75) is 65.1 Å². The van der Waals surface area contributed by atoms with E-state index < -0.39 is 5.97 Å². The lowest BCUT2D eigenvalue weighted by atomic mass is 9.49. The summed E-state index contributed by atoms with van der Waals surface area (Å²) < 4.78 is 10.8. The number of nitrogens with one attached hydrogen (secondary N) is 1. The van der Waals surface area contributed by atoms with E-state index in [-0.39, 0.29) is 18.6 Å². The molecule has 5 heteroatoms. The number of hydrogen-bond acceptors (Lipinski definition) is 4. The van der Waals surface area contributed by atoms with E-state index in [4.69, 9.17) is 9.47 Å². The number of carbonyl (C=O) groups is 2. The molecule has 4 aliphatic carbocycles. The van der Waals surface area contributed by atoms with Crippen molar-refractivity contribution in [1.82, 2.24) is 5.32 Å². The maximum absolute atomic E-state index is 12.3. The van der Waals surface area contributed by atoms with Crippen molar-refractivity contribution in [3.05, 3.63) is 35.4 Å². The van der Waals surface area contributed by atoms with Crippen LogP contribution in [0, 0.1) is 23.2 Å². The van der Waals surface area contributed by atoms with Gasteiger partial charge in [-0.3, -0.25) is 4.79 Å². The lowest BCUT2D eigenvalue weighted by Crippen LogP contribution is -2.51. The zero-order valence-electron chi connectivity index (χ0n) is 17.6. The van der Waals surface area contributed by atoms with E-state index in [1.165, 1.54) is 38.5 Å². The minimum atomic E-state index is -0.466. The average Bonchev–Trinajstić information content (AvgIpc) is 2.68. The van der Waals surface area contributed by atoms with Crippen LogP contribution >= 0.6 is 0 Å². The van der Waals surface area contributed by atoms with Crippen LogP contribution in [0.3, 0.4) is 0 Å². The number of esters is 1. The standard InChI is InChI=1S/C24H33NO4/c1-16(2)28-13-17-3-5-21(6-4-17)23(27)29-14-22(26)25-15-24-10-18-7-19(11-24)9-20(8-18)12-24/h3-6,16,18-20H,7-15H2,1-2H3,(H,25,26). The number of benzene rings is 1. The number of carbonyl (C=O) groups excluding carboxylic acids is 2. The number of hydrogen-bond donors (Lipinski definition) is 1. The van der Waals surface area contributed by atoms with Gasteiger partial charge in [0.05, 0.1) is 18.3 Å². The van der Waals surface area contributed by atoms with Crippen LogP contribution in [0.25, 0.3) is 0 Å². The molecule has 0 aromatic heterocycles. The molecule has 158 valence electrons. The monoisotopic (exact) mass is 399 g/mol. The highest BCUT2D eigenvalue weighted by Gasteiger charge is 2.50. The number of rotatable bonds is 8. The number of ether oxygens (including phenoxy) is 2. The first-order valence-corrected chi connectivity index (χ1v) is 11.1. The van der Waals surface area contributed by atoms with Gasteiger partial charge in [0.1, 0.15) is 0 Å². The Hall–Kier alpha value is -1.88. The molecule has 4 bridgehead atoms. The van der Waals surface area contributed by atoms with E-state index in [0.717, 1.165) is 29.9 Å². The van der Waals surface area contributed by atoms with Gasteiger partial charge in [0.15, 0.2) is 6.61 Å². The molecule has 1 aromatic rings. The highest BCUT2D eigenvalue weighted by molar-refractivity contribution is 5.91. The van der Waals surface area contributed by atoms with Crippen LogP contribution in [-0.4, -0.2) is 31.1 Å². The molecule has 1 aromatic carbocycles. The predicted octanol–water partition coefficient (Wildman–Crippen LogP) is 4.10. The van der Waals surface area contributed by atoms with Crippen LogP contribution in [-0.2, 0) is 20.9 Å². The van der Waals surface area contributed by atoms with E-state index in [2.05, 4.69) is 5.32 Å². The Bertz CT molecular complexity index is 704. The van der Waals surface area contributed by atoms with Gasteiger partial charge in [-0.15, -0.1) is 0 Å². The number of amides is 1. The molecule has 1 N–H and O–H groups in total. The first-order valence-electron chi connectivity index (χ1n) is 11.1. The van der Waals surface area contributed by atoms with Crippen LogP contribution < -0.4 is 5.32 Å². The predicted molar refractivity (Wildman–Crippen MR) is 110 cm³/mol. The van der Waals surface area contributed by atoms with Crippen LogP contribution in [0.5, 0.6) is 0 Å². The Kier molecular flexibility index (Phi) is 5.95. The Morgan fingerprint density at radius 1 is 1.03 bits per heavy atom. The van der Waals surface area contributed by atoms with Gasteiger partial charge in [-0.25, -0.2) is 4.79 Å². The summed E-state index contributed by atoms with van der Waals surface area (Å²) in [6.45, 7) is 5.00. The van der Waals surface area contributed by atoms with Gasteiger partial charge in [0.25, 0.3) is 5.91 Å². The van der Waals surface area contributed by atoms with E-state index in [0.29, 0.717) is 17.6 Å². The van der Waals surface area contributed by atoms with Crippen molar-refractivity contribution in [1.29, 1.82) is 0 Å². The van der Waals surface area contributed by atoms with Crippen LogP contribution in [0.4, 0.5) is 0 Å². The van der Waals surface area contributed by atoms with Crippen LogP contribution in [0.15, 0.2) is 24.3 Å². The summed E-state index contributed by atoms with van der Waals surface area (Å²) >= 11 is 0. The third-order valence-electron chi connectivity index (χ3n) is 6.93. The molecule has 0 unspecified atom stereocenters. The van der Waals surface area contributed by atoms with Crippen molar-refractivity contribution in [2.75, 3.05) is 13.2 Å². The fourth-order valence-electron chi connectivity index (χ4n) is 6.06. The van der Waals surface area contributed by atoms with E-state index in [9.17, 15) is 9.59 Å². The Labute approximate surface area is 173 Å². The Morgan fingerprint density at radius 3 is 2.17 bits per heavy atom. The summed E-state index contributed by atoms with van der Waals surface area (Å²) in [5.41, 5.74) is 1.75. The second kappa shape index (κ2) is 8.47. The summed E-state index contributed by atoms with van der Waals surface area (Å²) in [5, 5.41) is 3.05. The first-order chi connectivity index (χ1) is 13.9. The molecule has 0 aliphatic heterocycles. The van der Waals surface area contributed by atoms with E-state index in [1.807, 2.05) is 26.0 Å². The first kappa shape index (κ1) is 20.4. The quantitative estimate of drug-likeness (QED) is 0.669. The van der Waals surface area contributed by atoms with Crippen LogP contribution in [0.1, 0.15) is 68.3 Å². The van der Waals surface area contributed by atoms with Crippen molar-refractivity contribution >= 4 is 11.9 Å². The molecule has 4 aliphatic rings. The summed E-state index contributed by atoms with van der Waals surface area (Å²) in [6, 6.07) is 7.14. The van der Waals surface area contributed by atoms with Gasteiger partial charge in [-0.1, -0.05) is 12.1 Å². The molecular formula is C24H33NO4. The summed E-state index contributed by atoms with van der Waals surface area (Å²) in [7, 11) is 0. The highest BCUT2D eigenvalue weighted by Crippen LogP contribution is 2.59. The van der Waals surface area contributed by atoms with Gasteiger partial charge < -0.3 is 14.8 Å². The lowest BCUT2D eigenvalue weighted by molar-refractivity contribution is -0.126. The molecule has 0 spiro atoms. The molecule has 0 saturated heterocycles. The van der Waals surface area contributed by atoms with Gasteiger partial charge >= 0.3 is 5.97 Å². The summed E-state index contributed by atoms with van der Waals surface area (Å²) in [4.78, 5) is 24.5. The van der Waals surface area contributed by atoms with E-state index >= 15 is 0 Å². The van der Waals surface area contributed by atoms with Gasteiger partial charge in [-0.2, -0.15) is 0 Å². The van der Waals surface area contributed by atoms with Crippen molar-refractivity contribution in [2.24, 2.45) is 23.2 Å². The van der Waals surface area contributed by atoms with Crippen molar-refractivity contribution < 1.29 is 19.1 Å². The van der Waals surface area contributed by atoms with Gasteiger partial charge in [0.2, 0.25) is 0 Å². The molecular weight excluding hydrogens is 366 g/mol. The zero-order valence-corrected chi connectivity index (χ0v) is 17.6. The van der Waals surface area contributed by atoms with Crippen LogP contribution in [0.2, 0.25) is 0 Å². The average molecular weight is 400 g/mol. The third-order valence-corrected chi connectivity index (χ3v) is 6.93. The molecule has 4 fully saturated rings. The minimum Gasteiger partial charge on any atom is -0.452 e. The molecule has 0 radical (unpaired) electrons. The second-order valence-corrected chi connectivity index (χ2v) is 9.83. The van der Waals surface area contributed by atoms with Gasteiger partial charge in [0, 0.05) is 6.54 Å². The molecule has 4 saturated carbocycles. The van der Waals surface area contributed by atoms with Gasteiger partial charge in [-0.05, 0) is 93.2 Å². The second-order valence-electron chi connectivity index (χ2n) is 9.83. The summed E-state index contributed by atoms with van der Waals surface area (Å²) in [6.07, 6.45) is 8.12. The normalized spacial score (nSPS) is 29.8. The topological polar surface area (TPSA) is 64.6 Å². The minimum absolute atomic E-state index is 0.164. The molecule has 29 heavy (non-hydrogen) atoms. The fraction of sp³-hybridized carbons (Fsp3) is 0.667. The third kappa shape index (κ3) is 5.00. The Morgan fingerprint density at radius 2 is 1.62 bits per heavy atom. The smallest absolute Gasteiger partial charge is 0.338 e. The maximum atomic E-state index is 12.3. The van der Waals surface area contributed by atoms with Crippen molar-refractivity contribution in [3.63, 3.8) is 0 Å². The highest BCUT2D eigenvalue weighted by atomic mass is 16.5. The largest absolute Gasteiger partial charge is 0.452 e. The molecule has 0 atom stereocenters. The molecule has 1 amide bonds. The molecule has 0 heterocycles. The lowest BCUT2D eigenvalue weighted by Gasteiger charge is -2.56. The molecule has 5 nitrogen and oxygen atoms in total. The maximum Gasteiger partial charge on any atom is 0.338 e. The van der Waals surface area contributed by atoms with Crippen molar-refractivity contribution in [3.8, 4) is 0 Å². The van der Waals surface area contributed by atoms with E-state index in [1.54, 1.807) is 12.1 Å². The summed E-state index contributed by atoms with van der Waals surface area (Å²) in [5.74, 6) is 1.93. The zero-order chi connectivity index (χ0) is 20.4. The molecule has 5 rings (SSSR count). The SMILES string of the molecule is CC(C)OCc1ccc(C(=O)OCC(=O)NCC23CC4CC(CC(C4)C2)C3)cc1. The fourth-order valence-corrected chi connectivity index (χ4v) is 6.06.